The number of carbonyl (C=O) groups excluding carboxylic acids is 2. The number of piperidine rings is 1. The number of carbonyl (C=O) groups is 2. The monoisotopic (exact) mass is 486 g/mol. The van der Waals surface area contributed by atoms with E-state index in [-0.39, 0.29) is 22.6 Å². The molecule has 2 amide bonds. The fourth-order valence-corrected chi connectivity index (χ4v) is 5.63. The zero-order valence-electron chi connectivity index (χ0n) is 19.0. The number of hydrogen-bond donors (Lipinski definition) is 2. The van der Waals surface area contributed by atoms with Crippen molar-refractivity contribution in [3.63, 3.8) is 0 Å². The number of nitrogens with one attached hydrogen (secondary N) is 2. The van der Waals surface area contributed by atoms with Gasteiger partial charge in [0, 0.05) is 43.5 Å². The van der Waals surface area contributed by atoms with Gasteiger partial charge < -0.3 is 15.4 Å². The second kappa shape index (κ2) is 11.1. The summed E-state index contributed by atoms with van der Waals surface area (Å²) in [7, 11) is -3.54. The molecule has 9 nitrogen and oxygen atoms in total. The van der Waals surface area contributed by atoms with E-state index in [4.69, 9.17) is 4.74 Å². The molecule has 2 aromatic rings. The van der Waals surface area contributed by atoms with E-state index >= 15 is 0 Å². The highest BCUT2D eigenvalue weighted by Crippen LogP contribution is 2.25. The summed E-state index contributed by atoms with van der Waals surface area (Å²) in [5.41, 5.74) is 1.30. The van der Waals surface area contributed by atoms with Crippen molar-refractivity contribution in [2.24, 2.45) is 5.92 Å². The molecule has 2 N–H and O–H groups in total. The Hall–Kier alpha value is -2.79. The molecule has 0 bridgehead atoms. The molecule has 0 radical (unpaired) electrons. The Balaban J connectivity index is 1.24. The summed E-state index contributed by atoms with van der Waals surface area (Å²) < 4.78 is 32.3. The quantitative estimate of drug-likeness (QED) is 0.620. The predicted octanol–water partition coefficient (Wildman–Crippen LogP) is 2.00. The number of rotatable bonds is 7. The molecule has 34 heavy (non-hydrogen) atoms. The molecule has 10 heteroatoms. The summed E-state index contributed by atoms with van der Waals surface area (Å²) in [4.78, 5) is 27.3. The first-order valence-corrected chi connectivity index (χ1v) is 12.9. The standard InChI is InChI=1S/C24H30N4O5S/c29-23(18-27-14-16-33-17-15-27)25-20-6-8-21(9-7-20)26-24(30)19-10-12-28(13-11-19)34(31,32)22-4-2-1-3-5-22/h1-9,19H,10-18H2,(H,25,29)(H,26,30). The summed E-state index contributed by atoms with van der Waals surface area (Å²) in [6.07, 6.45) is 0.932. The van der Waals surface area contributed by atoms with Gasteiger partial charge >= 0.3 is 0 Å². The van der Waals surface area contributed by atoms with Crippen molar-refractivity contribution in [2.45, 2.75) is 17.7 Å². The van der Waals surface area contributed by atoms with Crippen LogP contribution in [0.15, 0.2) is 59.5 Å². The highest BCUT2D eigenvalue weighted by molar-refractivity contribution is 7.89. The maximum atomic E-state index is 12.8. The van der Waals surface area contributed by atoms with E-state index < -0.39 is 10.0 Å². The van der Waals surface area contributed by atoms with Crippen molar-refractivity contribution in [2.75, 3.05) is 56.6 Å². The number of amides is 2. The molecule has 2 fully saturated rings. The van der Waals surface area contributed by atoms with Gasteiger partial charge in [0.2, 0.25) is 21.8 Å². The van der Waals surface area contributed by atoms with Gasteiger partial charge in [-0.2, -0.15) is 4.31 Å². The number of benzene rings is 2. The molecule has 0 unspecified atom stereocenters. The number of sulfonamides is 1. The normalized spacial score (nSPS) is 18.4. The Morgan fingerprint density at radius 1 is 0.853 bits per heavy atom. The van der Waals surface area contributed by atoms with E-state index in [1.165, 1.54) is 4.31 Å². The molecule has 2 saturated heterocycles. The summed E-state index contributed by atoms with van der Waals surface area (Å²) in [6, 6.07) is 15.4. The highest BCUT2D eigenvalue weighted by atomic mass is 32.2. The van der Waals surface area contributed by atoms with Gasteiger partial charge in [-0.25, -0.2) is 8.42 Å². The van der Waals surface area contributed by atoms with Crippen molar-refractivity contribution in [1.82, 2.24) is 9.21 Å². The average Bonchev–Trinajstić information content (AvgIpc) is 2.86. The van der Waals surface area contributed by atoms with Gasteiger partial charge in [-0.3, -0.25) is 14.5 Å². The maximum absolute atomic E-state index is 12.8. The van der Waals surface area contributed by atoms with Gasteiger partial charge in [-0.1, -0.05) is 18.2 Å². The van der Waals surface area contributed by atoms with E-state index in [9.17, 15) is 18.0 Å². The van der Waals surface area contributed by atoms with Crippen LogP contribution in [-0.2, 0) is 24.3 Å². The van der Waals surface area contributed by atoms with Crippen LogP contribution in [0.25, 0.3) is 0 Å². The second-order valence-electron chi connectivity index (χ2n) is 8.49. The van der Waals surface area contributed by atoms with Crippen LogP contribution in [0.1, 0.15) is 12.8 Å². The molecular weight excluding hydrogens is 456 g/mol. The van der Waals surface area contributed by atoms with Crippen molar-refractivity contribution in [3.05, 3.63) is 54.6 Å². The van der Waals surface area contributed by atoms with E-state index in [1.54, 1.807) is 54.6 Å². The van der Waals surface area contributed by atoms with Crippen molar-refractivity contribution in [1.29, 1.82) is 0 Å². The van der Waals surface area contributed by atoms with Gasteiger partial charge in [-0.15, -0.1) is 0 Å². The van der Waals surface area contributed by atoms with Gasteiger partial charge in [0.05, 0.1) is 24.7 Å². The van der Waals surface area contributed by atoms with Crippen LogP contribution in [0, 0.1) is 5.92 Å². The lowest BCUT2D eigenvalue weighted by atomic mass is 9.97. The molecule has 2 aromatic carbocycles. The average molecular weight is 487 g/mol. The molecule has 2 aliphatic rings. The first-order valence-electron chi connectivity index (χ1n) is 11.5. The minimum Gasteiger partial charge on any atom is -0.379 e. The lowest BCUT2D eigenvalue weighted by molar-refractivity contribution is -0.121. The van der Waals surface area contributed by atoms with Gasteiger partial charge in [0.25, 0.3) is 0 Å². The fourth-order valence-electron chi connectivity index (χ4n) is 4.14. The minimum absolute atomic E-state index is 0.0871. The van der Waals surface area contributed by atoms with Gasteiger partial charge in [0.1, 0.15) is 0 Å². The number of anilines is 2. The molecule has 0 atom stereocenters. The summed E-state index contributed by atoms with van der Waals surface area (Å²) >= 11 is 0. The Labute approximate surface area is 200 Å². The van der Waals surface area contributed by atoms with Gasteiger partial charge in [-0.05, 0) is 49.2 Å². The maximum Gasteiger partial charge on any atom is 0.243 e. The molecular formula is C24H30N4O5S. The number of hydrogen-bond acceptors (Lipinski definition) is 6. The second-order valence-corrected chi connectivity index (χ2v) is 10.4. The zero-order valence-corrected chi connectivity index (χ0v) is 19.8. The summed E-state index contributed by atoms with van der Waals surface area (Å²) in [6.45, 7) is 3.71. The van der Waals surface area contributed by atoms with Crippen LogP contribution in [0.2, 0.25) is 0 Å². The van der Waals surface area contributed by atoms with Crippen molar-refractivity contribution >= 4 is 33.2 Å². The van der Waals surface area contributed by atoms with E-state index in [2.05, 4.69) is 10.6 Å². The summed E-state index contributed by atoms with van der Waals surface area (Å²) in [5.74, 6) is -0.466. The molecule has 2 aliphatic heterocycles. The Kier molecular flexibility index (Phi) is 7.94. The predicted molar refractivity (Wildman–Crippen MR) is 129 cm³/mol. The zero-order chi connectivity index (χ0) is 24.0. The Morgan fingerprint density at radius 3 is 2.06 bits per heavy atom. The van der Waals surface area contributed by atoms with E-state index in [0.717, 1.165) is 13.1 Å². The minimum atomic E-state index is -3.54. The first-order chi connectivity index (χ1) is 16.4. The topological polar surface area (TPSA) is 108 Å². The molecule has 2 heterocycles. The van der Waals surface area contributed by atoms with Crippen molar-refractivity contribution in [3.8, 4) is 0 Å². The molecule has 0 saturated carbocycles. The number of morpholine rings is 1. The van der Waals surface area contributed by atoms with E-state index in [1.807, 2.05) is 4.90 Å². The van der Waals surface area contributed by atoms with Crippen LogP contribution in [0.4, 0.5) is 11.4 Å². The fraction of sp³-hybridized carbons (Fsp3) is 0.417. The van der Waals surface area contributed by atoms with Crippen LogP contribution in [-0.4, -0.2) is 75.4 Å². The van der Waals surface area contributed by atoms with Crippen LogP contribution >= 0.6 is 0 Å². The lowest BCUT2D eigenvalue weighted by Crippen LogP contribution is -2.41. The Bertz CT molecular complexity index is 1080. The lowest BCUT2D eigenvalue weighted by Gasteiger charge is -2.30. The van der Waals surface area contributed by atoms with Crippen LogP contribution < -0.4 is 10.6 Å². The molecule has 0 aromatic heterocycles. The third-order valence-corrected chi connectivity index (χ3v) is 8.03. The van der Waals surface area contributed by atoms with Gasteiger partial charge in [0.15, 0.2) is 0 Å². The SMILES string of the molecule is O=C(CN1CCOCC1)Nc1ccc(NC(=O)C2CCN(S(=O)(=O)c3ccccc3)CC2)cc1. The third kappa shape index (κ3) is 6.20. The highest BCUT2D eigenvalue weighted by Gasteiger charge is 2.32. The van der Waals surface area contributed by atoms with Crippen LogP contribution in [0.5, 0.6) is 0 Å². The number of ether oxygens (including phenoxy) is 1. The first kappa shape index (κ1) is 24.3. The molecule has 0 spiro atoms. The molecule has 0 aliphatic carbocycles. The van der Waals surface area contributed by atoms with Crippen LogP contribution in [0.3, 0.4) is 0 Å². The largest absolute Gasteiger partial charge is 0.379 e. The van der Waals surface area contributed by atoms with E-state index in [0.29, 0.717) is 57.1 Å². The molecule has 4 rings (SSSR count). The third-order valence-electron chi connectivity index (χ3n) is 6.11. The smallest absolute Gasteiger partial charge is 0.243 e. The number of nitrogens with zero attached hydrogens (tertiary/aromatic N) is 2. The molecule has 182 valence electrons. The Morgan fingerprint density at radius 2 is 1.44 bits per heavy atom. The summed E-state index contributed by atoms with van der Waals surface area (Å²) in [5, 5.41) is 5.77. The van der Waals surface area contributed by atoms with Crippen molar-refractivity contribution < 1.29 is 22.7 Å².